The summed E-state index contributed by atoms with van der Waals surface area (Å²) in [6.45, 7) is 2.74. The summed E-state index contributed by atoms with van der Waals surface area (Å²) in [5.41, 5.74) is 0.301. The molecular weight excluding hydrogens is 408 g/mol. The number of aromatic nitrogens is 1. The number of hydrogen-bond acceptors (Lipinski definition) is 6. The lowest BCUT2D eigenvalue weighted by molar-refractivity contribution is -0.154. The van der Waals surface area contributed by atoms with Crippen molar-refractivity contribution in [1.82, 2.24) is 19.7 Å². The number of nitrogens with one attached hydrogen (secondary N) is 1. The van der Waals surface area contributed by atoms with Crippen molar-refractivity contribution in [1.29, 1.82) is 0 Å². The molecule has 0 spiro atoms. The van der Waals surface area contributed by atoms with Gasteiger partial charge in [0.1, 0.15) is 5.56 Å². The predicted octanol–water partition coefficient (Wildman–Crippen LogP) is 0.247. The number of hydrogen-bond donors (Lipinski definition) is 1. The lowest BCUT2D eigenvalue weighted by Gasteiger charge is -2.35. The molecule has 2 aliphatic rings. The van der Waals surface area contributed by atoms with Crippen molar-refractivity contribution in [3.63, 3.8) is 0 Å². The van der Waals surface area contributed by atoms with Crippen molar-refractivity contribution >= 4 is 29.1 Å². The molecule has 10 heteroatoms. The third kappa shape index (κ3) is 4.14. The summed E-state index contributed by atoms with van der Waals surface area (Å²) in [6, 6.07) is 7.05. The van der Waals surface area contributed by atoms with Crippen LogP contribution in [0.5, 0.6) is 0 Å². The summed E-state index contributed by atoms with van der Waals surface area (Å²) in [7, 11) is 0. The average molecular weight is 430 g/mol. The van der Waals surface area contributed by atoms with Crippen molar-refractivity contribution in [3.8, 4) is 10.6 Å². The Balaban J connectivity index is 1.37. The van der Waals surface area contributed by atoms with E-state index in [0.717, 1.165) is 4.88 Å². The van der Waals surface area contributed by atoms with Gasteiger partial charge in [0.05, 0.1) is 23.8 Å². The van der Waals surface area contributed by atoms with E-state index >= 15 is 0 Å². The molecule has 158 valence electrons. The summed E-state index contributed by atoms with van der Waals surface area (Å²) in [5, 5.41) is 1.91. The second kappa shape index (κ2) is 8.80. The monoisotopic (exact) mass is 430 g/mol. The van der Waals surface area contributed by atoms with Crippen LogP contribution in [-0.2, 0) is 14.3 Å². The number of rotatable bonds is 2. The summed E-state index contributed by atoms with van der Waals surface area (Å²) in [5.74, 6) is -1.46. The third-order valence-electron chi connectivity index (χ3n) is 5.26. The normalized spacial score (nSPS) is 17.1. The van der Waals surface area contributed by atoms with Crippen molar-refractivity contribution < 1.29 is 19.1 Å². The van der Waals surface area contributed by atoms with E-state index in [9.17, 15) is 19.2 Å². The molecule has 2 aromatic heterocycles. The van der Waals surface area contributed by atoms with Gasteiger partial charge < -0.3 is 24.4 Å². The molecule has 1 N–H and O–H groups in total. The van der Waals surface area contributed by atoms with Crippen LogP contribution < -0.4 is 5.56 Å². The van der Waals surface area contributed by atoms with E-state index in [-0.39, 0.29) is 37.6 Å². The zero-order valence-corrected chi connectivity index (χ0v) is 17.2. The molecule has 9 nitrogen and oxygen atoms in total. The topological polar surface area (TPSA) is 103 Å². The van der Waals surface area contributed by atoms with E-state index in [0.29, 0.717) is 32.0 Å². The first-order valence-corrected chi connectivity index (χ1v) is 10.6. The molecule has 0 radical (unpaired) electrons. The average Bonchev–Trinajstić information content (AvgIpc) is 3.33. The second-order valence-electron chi connectivity index (χ2n) is 7.08. The molecule has 0 aliphatic carbocycles. The lowest BCUT2D eigenvalue weighted by atomic mass is 10.2. The molecule has 4 rings (SSSR count). The van der Waals surface area contributed by atoms with Gasteiger partial charge in [-0.05, 0) is 23.6 Å². The summed E-state index contributed by atoms with van der Waals surface area (Å²) < 4.78 is 5.21. The molecule has 2 fully saturated rings. The maximum absolute atomic E-state index is 12.8. The van der Waals surface area contributed by atoms with Gasteiger partial charge in [-0.3, -0.25) is 19.2 Å². The highest BCUT2D eigenvalue weighted by atomic mass is 32.1. The number of aromatic amines is 1. The number of carbonyl (C=O) groups is 3. The molecule has 3 amide bonds. The molecule has 0 aromatic carbocycles. The quantitative estimate of drug-likeness (QED) is 0.688. The standard InChI is InChI=1S/C20H22N4O5S/c25-17-14(3-4-15(21-17)16-2-1-13-30-16)18(26)22-5-7-23(8-6-22)19(27)20(28)24-9-11-29-12-10-24/h1-4,13H,5-12H2,(H,21,25). The largest absolute Gasteiger partial charge is 0.378 e. The van der Waals surface area contributed by atoms with Gasteiger partial charge in [0.2, 0.25) is 0 Å². The highest BCUT2D eigenvalue weighted by Gasteiger charge is 2.32. The van der Waals surface area contributed by atoms with Gasteiger partial charge in [-0.25, -0.2) is 0 Å². The highest BCUT2D eigenvalue weighted by molar-refractivity contribution is 7.13. The van der Waals surface area contributed by atoms with E-state index in [2.05, 4.69) is 4.98 Å². The van der Waals surface area contributed by atoms with Gasteiger partial charge in [-0.15, -0.1) is 11.3 Å². The number of thiophene rings is 1. The fraction of sp³-hybridized carbons (Fsp3) is 0.400. The highest BCUT2D eigenvalue weighted by Crippen LogP contribution is 2.21. The second-order valence-corrected chi connectivity index (χ2v) is 8.03. The smallest absolute Gasteiger partial charge is 0.312 e. The predicted molar refractivity (Wildman–Crippen MR) is 110 cm³/mol. The number of pyridine rings is 1. The van der Waals surface area contributed by atoms with E-state index in [1.807, 2.05) is 17.5 Å². The van der Waals surface area contributed by atoms with Crippen LogP contribution in [0.4, 0.5) is 0 Å². The van der Waals surface area contributed by atoms with Crippen LogP contribution >= 0.6 is 11.3 Å². The van der Waals surface area contributed by atoms with Crippen LogP contribution in [0.3, 0.4) is 0 Å². The van der Waals surface area contributed by atoms with Crippen molar-refractivity contribution in [2.75, 3.05) is 52.5 Å². The minimum absolute atomic E-state index is 0.0690. The van der Waals surface area contributed by atoms with Crippen LogP contribution in [0.1, 0.15) is 10.4 Å². The zero-order chi connectivity index (χ0) is 21.1. The molecule has 0 bridgehead atoms. The Bertz CT molecular complexity index is 989. The van der Waals surface area contributed by atoms with Gasteiger partial charge in [0.15, 0.2) is 0 Å². The van der Waals surface area contributed by atoms with Crippen molar-refractivity contribution in [3.05, 3.63) is 45.6 Å². The van der Waals surface area contributed by atoms with Gasteiger partial charge in [-0.2, -0.15) is 0 Å². The fourth-order valence-corrected chi connectivity index (χ4v) is 4.24. The molecular formula is C20H22N4O5S. The van der Waals surface area contributed by atoms with Gasteiger partial charge in [0, 0.05) is 39.3 Å². The number of piperazine rings is 1. The van der Waals surface area contributed by atoms with E-state index < -0.39 is 17.4 Å². The van der Waals surface area contributed by atoms with Gasteiger partial charge in [-0.1, -0.05) is 6.07 Å². The van der Waals surface area contributed by atoms with Crippen molar-refractivity contribution in [2.24, 2.45) is 0 Å². The molecule has 4 heterocycles. The Hall–Kier alpha value is -2.98. The van der Waals surface area contributed by atoms with Crippen LogP contribution in [0.2, 0.25) is 0 Å². The summed E-state index contributed by atoms with van der Waals surface area (Å²) >= 11 is 1.50. The van der Waals surface area contributed by atoms with Gasteiger partial charge in [0.25, 0.3) is 11.5 Å². The number of ether oxygens (including phenoxy) is 1. The molecule has 2 aromatic rings. The number of amides is 3. The van der Waals surface area contributed by atoms with E-state index in [4.69, 9.17) is 4.74 Å². The minimum atomic E-state index is -0.554. The number of morpholine rings is 1. The fourth-order valence-electron chi connectivity index (χ4n) is 3.54. The maximum Gasteiger partial charge on any atom is 0.312 e. The number of nitrogens with zero attached hydrogens (tertiary/aromatic N) is 3. The first-order valence-electron chi connectivity index (χ1n) is 9.77. The molecule has 0 unspecified atom stereocenters. The van der Waals surface area contributed by atoms with Crippen LogP contribution in [-0.4, -0.2) is 89.9 Å². The van der Waals surface area contributed by atoms with Crippen LogP contribution in [0, 0.1) is 0 Å². The minimum Gasteiger partial charge on any atom is -0.378 e. The van der Waals surface area contributed by atoms with E-state index in [1.165, 1.54) is 27.2 Å². The molecule has 2 saturated heterocycles. The summed E-state index contributed by atoms with van der Waals surface area (Å²) in [6.07, 6.45) is 0. The summed E-state index contributed by atoms with van der Waals surface area (Å²) in [4.78, 5) is 58.3. The maximum atomic E-state index is 12.8. The van der Waals surface area contributed by atoms with Gasteiger partial charge >= 0.3 is 11.8 Å². The lowest BCUT2D eigenvalue weighted by Crippen LogP contribution is -2.55. The zero-order valence-electron chi connectivity index (χ0n) is 16.3. The third-order valence-corrected chi connectivity index (χ3v) is 6.17. The first-order chi connectivity index (χ1) is 14.5. The Morgan fingerprint density at radius 1 is 0.867 bits per heavy atom. The molecule has 2 aliphatic heterocycles. The van der Waals surface area contributed by atoms with Crippen LogP contribution in [0.25, 0.3) is 10.6 Å². The van der Waals surface area contributed by atoms with E-state index in [1.54, 1.807) is 11.0 Å². The van der Waals surface area contributed by atoms with Crippen LogP contribution in [0.15, 0.2) is 34.4 Å². The Labute approximate surface area is 176 Å². The molecule has 0 saturated carbocycles. The first kappa shape index (κ1) is 20.3. The Morgan fingerprint density at radius 2 is 1.50 bits per heavy atom. The number of carbonyl (C=O) groups excluding carboxylic acids is 3. The van der Waals surface area contributed by atoms with Crippen molar-refractivity contribution in [2.45, 2.75) is 0 Å². The SMILES string of the molecule is O=C(C(=O)N1CCN(C(=O)c2ccc(-c3cccs3)[nH]c2=O)CC1)N1CCOCC1. The Morgan fingerprint density at radius 3 is 2.10 bits per heavy atom. The Kier molecular flexibility index (Phi) is 5.96. The number of H-pyrrole nitrogens is 1. The molecule has 30 heavy (non-hydrogen) atoms. The molecule has 0 atom stereocenters.